The number of carbonyl (C=O) groups is 1. The lowest BCUT2D eigenvalue weighted by atomic mass is 9.55. The molecule has 222 valence electrons. The summed E-state index contributed by atoms with van der Waals surface area (Å²) in [6, 6.07) is 12.8. The molecule has 1 amide bonds. The maximum Gasteiger partial charge on any atom is 0.272 e. The first kappa shape index (κ1) is 28.7. The zero-order valence-corrected chi connectivity index (χ0v) is 26.7. The Morgan fingerprint density at radius 2 is 1.69 bits per heavy atom. The van der Waals surface area contributed by atoms with Crippen LogP contribution in [0.4, 0.5) is 0 Å². The van der Waals surface area contributed by atoms with Crippen LogP contribution in [-0.4, -0.2) is 22.2 Å². The fourth-order valence-corrected chi connectivity index (χ4v) is 10.4. The quantitative estimate of drug-likeness (QED) is 0.216. The third-order valence-corrected chi connectivity index (χ3v) is 12.1. The molecule has 4 fully saturated rings. The summed E-state index contributed by atoms with van der Waals surface area (Å²) in [7, 11) is 0. The molecule has 7 rings (SSSR count). The second kappa shape index (κ2) is 11.2. The monoisotopic (exact) mass is 623 g/mol. The molecule has 5 unspecified atom stereocenters. The van der Waals surface area contributed by atoms with Crippen molar-refractivity contribution in [3.63, 3.8) is 0 Å². The van der Waals surface area contributed by atoms with Crippen molar-refractivity contribution in [1.29, 1.82) is 0 Å². The van der Waals surface area contributed by atoms with Gasteiger partial charge in [-0.1, -0.05) is 72.6 Å². The number of nitrogens with zero attached hydrogens (tertiary/aromatic N) is 2. The van der Waals surface area contributed by atoms with Crippen molar-refractivity contribution in [3.05, 3.63) is 68.8 Å². The van der Waals surface area contributed by atoms with E-state index in [0.717, 1.165) is 52.8 Å². The van der Waals surface area contributed by atoms with Crippen LogP contribution >= 0.6 is 34.8 Å². The molecule has 1 spiro atoms. The van der Waals surface area contributed by atoms with Gasteiger partial charge in [-0.15, -0.1) is 0 Å². The molecule has 2 aromatic carbocycles. The van der Waals surface area contributed by atoms with E-state index in [0.29, 0.717) is 38.4 Å². The Bertz CT molecular complexity index is 1500. The Morgan fingerprint density at radius 3 is 2.50 bits per heavy atom. The fraction of sp³-hybridized carbons (Fsp3) is 0.543. The van der Waals surface area contributed by atoms with Gasteiger partial charge in [0.05, 0.1) is 16.4 Å². The second-order valence-corrected chi connectivity index (χ2v) is 15.1. The van der Waals surface area contributed by atoms with Crippen LogP contribution < -0.4 is 5.32 Å². The van der Waals surface area contributed by atoms with Crippen molar-refractivity contribution >= 4 is 40.7 Å². The van der Waals surface area contributed by atoms with Crippen molar-refractivity contribution in [3.8, 4) is 16.9 Å². The lowest BCUT2D eigenvalue weighted by Gasteiger charge is -2.49. The number of benzene rings is 2. The van der Waals surface area contributed by atoms with Gasteiger partial charge in [0, 0.05) is 27.7 Å². The average molecular weight is 625 g/mol. The van der Waals surface area contributed by atoms with E-state index in [2.05, 4.69) is 5.32 Å². The number of unbranched alkanes of at least 4 members (excludes halogenated alkanes) is 4. The van der Waals surface area contributed by atoms with Gasteiger partial charge in [0.2, 0.25) is 0 Å². The first-order valence-electron chi connectivity index (χ1n) is 15.9. The summed E-state index contributed by atoms with van der Waals surface area (Å²) in [6.07, 6.45) is 16.9. The first-order valence-corrected chi connectivity index (χ1v) is 17.0. The Balaban J connectivity index is 0.928. The lowest BCUT2D eigenvalue weighted by molar-refractivity contribution is -0.00312. The molecule has 3 aromatic rings. The van der Waals surface area contributed by atoms with Gasteiger partial charge in [-0.3, -0.25) is 4.79 Å². The highest BCUT2D eigenvalue weighted by atomic mass is 35.5. The second-order valence-electron chi connectivity index (χ2n) is 13.9. The highest BCUT2D eigenvalue weighted by Crippen LogP contribution is 2.79. The molecule has 1 N–H and O–H groups in total. The zero-order valence-electron chi connectivity index (χ0n) is 24.4. The molecule has 0 aliphatic heterocycles. The van der Waals surface area contributed by atoms with E-state index in [1.54, 1.807) is 48.9 Å². The van der Waals surface area contributed by atoms with E-state index in [9.17, 15) is 4.79 Å². The summed E-state index contributed by atoms with van der Waals surface area (Å²) >= 11 is 18.9. The number of halogens is 3. The molecule has 4 aliphatic rings. The molecule has 3 bridgehead atoms. The highest BCUT2D eigenvalue weighted by molar-refractivity contribution is 6.35. The third-order valence-electron chi connectivity index (χ3n) is 11.3. The van der Waals surface area contributed by atoms with Crippen LogP contribution in [0.15, 0.2) is 42.5 Å². The van der Waals surface area contributed by atoms with Crippen LogP contribution in [0.2, 0.25) is 15.1 Å². The molecule has 1 aromatic heterocycles. The number of carbonyl (C=O) groups excluding carboxylic acids is 1. The molecule has 4 nitrogen and oxygen atoms in total. The van der Waals surface area contributed by atoms with Gasteiger partial charge in [0.1, 0.15) is 0 Å². The number of hydrogen-bond donors (Lipinski definition) is 1. The fourth-order valence-electron chi connectivity index (χ4n) is 9.76. The van der Waals surface area contributed by atoms with Crippen molar-refractivity contribution in [1.82, 2.24) is 15.1 Å². The van der Waals surface area contributed by atoms with Crippen molar-refractivity contribution in [2.75, 3.05) is 6.54 Å². The molecular formula is C35H40Cl3N3O. The predicted octanol–water partition coefficient (Wildman–Crippen LogP) is 10.1. The van der Waals surface area contributed by atoms with Gasteiger partial charge in [-0.2, -0.15) is 5.10 Å². The summed E-state index contributed by atoms with van der Waals surface area (Å²) in [5, 5.41) is 9.51. The predicted molar refractivity (Wildman–Crippen MR) is 172 cm³/mol. The van der Waals surface area contributed by atoms with E-state index < -0.39 is 0 Å². The Kier molecular flexibility index (Phi) is 7.64. The van der Waals surface area contributed by atoms with E-state index in [4.69, 9.17) is 39.9 Å². The van der Waals surface area contributed by atoms with Gasteiger partial charge in [0.25, 0.3) is 5.91 Å². The molecule has 5 atom stereocenters. The minimum absolute atomic E-state index is 0.161. The van der Waals surface area contributed by atoms with Gasteiger partial charge in [-0.25, -0.2) is 4.68 Å². The van der Waals surface area contributed by atoms with E-state index in [1.165, 1.54) is 32.1 Å². The number of nitrogens with one attached hydrogen (secondary N) is 1. The van der Waals surface area contributed by atoms with Gasteiger partial charge >= 0.3 is 0 Å². The molecule has 4 aliphatic carbocycles. The minimum atomic E-state index is -0.161. The van der Waals surface area contributed by atoms with Crippen molar-refractivity contribution < 1.29 is 4.79 Å². The lowest BCUT2D eigenvalue weighted by Crippen LogP contribution is -2.41. The summed E-state index contributed by atoms with van der Waals surface area (Å²) in [6.45, 7) is 2.58. The number of hydrogen-bond acceptors (Lipinski definition) is 2. The molecular weight excluding hydrogens is 585 g/mol. The minimum Gasteiger partial charge on any atom is -0.351 e. The first-order chi connectivity index (χ1) is 20.3. The summed E-state index contributed by atoms with van der Waals surface area (Å²) in [4.78, 5) is 13.3. The van der Waals surface area contributed by atoms with Crippen LogP contribution in [0.3, 0.4) is 0 Å². The van der Waals surface area contributed by atoms with Crippen molar-refractivity contribution in [2.24, 2.45) is 28.6 Å². The largest absolute Gasteiger partial charge is 0.351 e. The summed E-state index contributed by atoms with van der Waals surface area (Å²) in [5.41, 5.74) is 5.08. The van der Waals surface area contributed by atoms with Crippen LogP contribution in [0.5, 0.6) is 0 Å². The normalized spacial score (nSPS) is 28.6. The molecule has 7 heteroatoms. The highest BCUT2D eigenvalue weighted by Gasteiger charge is 2.70. The molecule has 42 heavy (non-hydrogen) atoms. The topological polar surface area (TPSA) is 46.9 Å². The average Bonchev–Trinajstić information content (AvgIpc) is 3.46. The van der Waals surface area contributed by atoms with E-state index in [1.807, 2.05) is 37.3 Å². The number of aromatic nitrogens is 2. The smallest absolute Gasteiger partial charge is 0.272 e. The van der Waals surface area contributed by atoms with Gasteiger partial charge in [-0.05, 0) is 117 Å². The molecule has 4 saturated carbocycles. The van der Waals surface area contributed by atoms with Crippen LogP contribution in [0.25, 0.3) is 16.9 Å². The van der Waals surface area contributed by atoms with Crippen LogP contribution in [0.1, 0.15) is 93.1 Å². The molecule has 0 saturated heterocycles. The summed E-state index contributed by atoms with van der Waals surface area (Å²) < 4.78 is 1.74. The number of fused-ring (bicyclic) bond motifs is 2. The Hall–Kier alpha value is -2.01. The van der Waals surface area contributed by atoms with Gasteiger partial charge < -0.3 is 5.32 Å². The Labute approximate surface area is 264 Å². The maximum absolute atomic E-state index is 13.3. The maximum atomic E-state index is 13.3. The van der Waals surface area contributed by atoms with Crippen LogP contribution in [-0.2, 0) is 0 Å². The molecule has 1 heterocycles. The van der Waals surface area contributed by atoms with Crippen LogP contribution in [0, 0.1) is 35.5 Å². The van der Waals surface area contributed by atoms with Gasteiger partial charge in [0.15, 0.2) is 5.69 Å². The molecule has 0 radical (unpaired) electrons. The zero-order chi connectivity index (χ0) is 29.1. The third kappa shape index (κ3) is 5.00. The number of rotatable bonds is 11. The standard InChI is InChI=1S/C35H40Cl3N3O/c1-22-31(40-41(30-12-11-28(37)17-29(30)38)32(22)24-7-9-27(36)10-8-24)33(42)39-14-6-4-2-3-5-13-34-18-23-15-25-16-26(20-34)35(25,19-23)21-34/h7-12,17,23,25-26H,2-6,13-16,18-21H2,1H3,(H,39,42). The van der Waals surface area contributed by atoms with E-state index >= 15 is 0 Å². The number of amides is 1. The Morgan fingerprint density at radius 1 is 0.929 bits per heavy atom. The van der Waals surface area contributed by atoms with Crippen molar-refractivity contribution in [2.45, 2.75) is 84.0 Å². The van der Waals surface area contributed by atoms with E-state index in [-0.39, 0.29) is 5.91 Å². The SMILES string of the molecule is Cc1c(C(=O)NCCCCCCCC23CC4CC5CC(C2)C5(C4)C3)nn(-c2ccc(Cl)cc2Cl)c1-c1ccc(Cl)cc1. The summed E-state index contributed by atoms with van der Waals surface area (Å²) in [5.74, 6) is 3.08.